The SMILES string of the molecule is CCCCCCCC(=O)c1cnoc1CC. The molecule has 0 atom stereocenters. The molecular weight excluding hydrogens is 202 g/mol. The molecule has 3 nitrogen and oxygen atoms in total. The molecule has 0 radical (unpaired) electrons. The van der Waals surface area contributed by atoms with Gasteiger partial charge in [-0.2, -0.15) is 0 Å². The smallest absolute Gasteiger partial charge is 0.168 e. The molecule has 1 heterocycles. The number of rotatable bonds is 8. The zero-order chi connectivity index (χ0) is 11.8. The molecule has 0 N–H and O–H groups in total. The molecule has 0 bridgehead atoms. The molecule has 0 saturated heterocycles. The van der Waals surface area contributed by atoms with Crippen LogP contribution in [0.15, 0.2) is 10.7 Å². The Morgan fingerprint density at radius 2 is 2.00 bits per heavy atom. The number of hydrogen-bond acceptors (Lipinski definition) is 3. The lowest BCUT2D eigenvalue weighted by atomic mass is 10.0. The van der Waals surface area contributed by atoms with Crippen LogP contribution in [0.4, 0.5) is 0 Å². The number of ketones is 1. The van der Waals surface area contributed by atoms with E-state index in [1.54, 1.807) is 6.20 Å². The number of aromatic nitrogens is 1. The van der Waals surface area contributed by atoms with E-state index < -0.39 is 0 Å². The first-order valence-electron chi connectivity index (χ1n) is 6.26. The van der Waals surface area contributed by atoms with E-state index >= 15 is 0 Å². The van der Waals surface area contributed by atoms with Gasteiger partial charge in [-0.15, -0.1) is 0 Å². The topological polar surface area (TPSA) is 43.1 Å². The molecule has 0 fully saturated rings. The highest BCUT2D eigenvalue weighted by atomic mass is 16.5. The van der Waals surface area contributed by atoms with Gasteiger partial charge in [-0.3, -0.25) is 4.79 Å². The minimum atomic E-state index is 0.176. The molecule has 1 aromatic rings. The summed E-state index contributed by atoms with van der Waals surface area (Å²) in [5.74, 6) is 0.896. The van der Waals surface area contributed by atoms with Gasteiger partial charge in [0.05, 0.1) is 11.8 Å². The largest absolute Gasteiger partial charge is 0.361 e. The third kappa shape index (κ3) is 3.80. The molecule has 1 rings (SSSR count). The number of carbonyl (C=O) groups excluding carboxylic acids is 1. The van der Waals surface area contributed by atoms with Crippen LogP contribution in [0, 0.1) is 0 Å². The molecule has 0 spiro atoms. The molecule has 0 saturated carbocycles. The first kappa shape index (κ1) is 12.9. The van der Waals surface area contributed by atoms with Crippen LogP contribution in [0.3, 0.4) is 0 Å². The summed E-state index contributed by atoms with van der Waals surface area (Å²) in [6, 6.07) is 0. The minimum absolute atomic E-state index is 0.176. The lowest BCUT2D eigenvalue weighted by molar-refractivity contribution is 0.0977. The van der Waals surface area contributed by atoms with Gasteiger partial charge in [-0.25, -0.2) is 0 Å². The second-order valence-electron chi connectivity index (χ2n) is 4.10. The molecule has 0 aliphatic rings. The van der Waals surface area contributed by atoms with Crippen LogP contribution < -0.4 is 0 Å². The third-order valence-electron chi connectivity index (χ3n) is 2.77. The van der Waals surface area contributed by atoms with Crippen LogP contribution in [-0.2, 0) is 6.42 Å². The van der Waals surface area contributed by atoms with Gasteiger partial charge in [0.1, 0.15) is 5.76 Å². The van der Waals surface area contributed by atoms with Crippen LogP contribution >= 0.6 is 0 Å². The summed E-state index contributed by atoms with van der Waals surface area (Å²) < 4.78 is 5.01. The molecule has 0 aliphatic heterocycles. The summed E-state index contributed by atoms with van der Waals surface area (Å²) in [5.41, 5.74) is 0.679. The number of nitrogens with zero attached hydrogens (tertiary/aromatic N) is 1. The number of Topliss-reactive ketones (excluding diaryl/α,β-unsaturated/α-hetero) is 1. The third-order valence-corrected chi connectivity index (χ3v) is 2.77. The molecular formula is C13H21NO2. The van der Waals surface area contributed by atoms with Gasteiger partial charge in [0.2, 0.25) is 0 Å². The first-order valence-corrected chi connectivity index (χ1v) is 6.26. The predicted molar refractivity (Wildman–Crippen MR) is 63.6 cm³/mol. The zero-order valence-corrected chi connectivity index (χ0v) is 10.3. The van der Waals surface area contributed by atoms with E-state index in [2.05, 4.69) is 12.1 Å². The fourth-order valence-electron chi connectivity index (χ4n) is 1.77. The van der Waals surface area contributed by atoms with Crippen LogP contribution in [0.25, 0.3) is 0 Å². The van der Waals surface area contributed by atoms with Crippen LogP contribution in [0.1, 0.15) is 68.5 Å². The van der Waals surface area contributed by atoms with E-state index in [4.69, 9.17) is 4.52 Å². The quantitative estimate of drug-likeness (QED) is 0.497. The summed E-state index contributed by atoms with van der Waals surface area (Å²) in [7, 11) is 0. The van der Waals surface area contributed by atoms with E-state index in [0.29, 0.717) is 12.0 Å². The Hall–Kier alpha value is -1.12. The summed E-state index contributed by atoms with van der Waals surface area (Å²) in [4.78, 5) is 11.8. The van der Waals surface area contributed by atoms with Gasteiger partial charge in [0, 0.05) is 12.8 Å². The maximum atomic E-state index is 11.8. The average Bonchev–Trinajstić information content (AvgIpc) is 2.76. The van der Waals surface area contributed by atoms with E-state index in [0.717, 1.165) is 25.0 Å². The number of aryl methyl sites for hydroxylation is 1. The van der Waals surface area contributed by atoms with E-state index in [1.165, 1.54) is 19.3 Å². The van der Waals surface area contributed by atoms with E-state index in [9.17, 15) is 4.79 Å². The van der Waals surface area contributed by atoms with Gasteiger partial charge in [0.25, 0.3) is 0 Å². The maximum Gasteiger partial charge on any atom is 0.168 e. The molecule has 3 heteroatoms. The second-order valence-corrected chi connectivity index (χ2v) is 4.10. The second kappa shape index (κ2) is 7.20. The number of hydrogen-bond donors (Lipinski definition) is 0. The first-order chi connectivity index (χ1) is 7.79. The zero-order valence-electron chi connectivity index (χ0n) is 10.3. The lowest BCUT2D eigenvalue weighted by Gasteiger charge is -2.00. The fourth-order valence-corrected chi connectivity index (χ4v) is 1.77. The highest BCUT2D eigenvalue weighted by Crippen LogP contribution is 2.14. The van der Waals surface area contributed by atoms with Crippen molar-refractivity contribution in [2.45, 2.75) is 58.8 Å². The Morgan fingerprint density at radius 3 is 2.69 bits per heavy atom. The average molecular weight is 223 g/mol. The van der Waals surface area contributed by atoms with Gasteiger partial charge in [-0.1, -0.05) is 44.7 Å². The maximum absolute atomic E-state index is 11.8. The van der Waals surface area contributed by atoms with E-state index in [1.807, 2.05) is 6.92 Å². The summed E-state index contributed by atoms with van der Waals surface area (Å²) in [6.45, 7) is 4.16. The van der Waals surface area contributed by atoms with Crippen molar-refractivity contribution in [3.05, 3.63) is 17.5 Å². The van der Waals surface area contributed by atoms with Crippen molar-refractivity contribution in [1.82, 2.24) is 5.16 Å². The minimum Gasteiger partial charge on any atom is -0.361 e. The lowest BCUT2D eigenvalue weighted by Crippen LogP contribution is -2.00. The Morgan fingerprint density at radius 1 is 1.25 bits per heavy atom. The van der Waals surface area contributed by atoms with Gasteiger partial charge >= 0.3 is 0 Å². The van der Waals surface area contributed by atoms with Crippen molar-refractivity contribution in [2.75, 3.05) is 0 Å². The summed E-state index contributed by atoms with van der Waals surface area (Å²) in [6.07, 6.45) is 8.76. The Balaban J connectivity index is 2.30. The van der Waals surface area contributed by atoms with Crippen molar-refractivity contribution in [3.8, 4) is 0 Å². The summed E-state index contributed by atoms with van der Waals surface area (Å²) >= 11 is 0. The Labute approximate surface area is 97.2 Å². The monoisotopic (exact) mass is 223 g/mol. The normalized spacial score (nSPS) is 10.6. The molecule has 16 heavy (non-hydrogen) atoms. The molecule has 0 aromatic carbocycles. The molecule has 0 aliphatic carbocycles. The Bertz CT molecular complexity index is 317. The Kier molecular flexibility index (Phi) is 5.83. The standard InChI is InChI=1S/C13H21NO2/c1-3-5-6-7-8-9-12(15)11-10-14-16-13(11)4-2/h10H,3-9H2,1-2H3. The highest BCUT2D eigenvalue weighted by molar-refractivity contribution is 5.96. The summed E-state index contributed by atoms with van der Waals surface area (Å²) in [5, 5.41) is 3.68. The predicted octanol–water partition coefficient (Wildman–Crippen LogP) is 3.78. The molecule has 0 amide bonds. The van der Waals surface area contributed by atoms with Crippen molar-refractivity contribution in [2.24, 2.45) is 0 Å². The van der Waals surface area contributed by atoms with Crippen molar-refractivity contribution in [1.29, 1.82) is 0 Å². The van der Waals surface area contributed by atoms with Gasteiger partial charge in [0.15, 0.2) is 5.78 Å². The molecule has 1 aromatic heterocycles. The van der Waals surface area contributed by atoms with Crippen molar-refractivity contribution < 1.29 is 9.32 Å². The number of carbonyl (C=O) groups is 1. The fraction of sp³-hybridized carbons (Fsp3) is 0.692. The molecule has 90 valence electrons. The molecule has 0 unspecified atom stereocenters. The van der Waals surface area contributed by atoms with Crippen molar-refractivity contribution in [3.63, 3.8) is 0 Å². The van der Waals surface area contributed by atoms with Crippen LogP contribution in [0.2, 0.25) is 0 Å². The van der Waals surface area contributed by atoms with Crippen molar-refractivity contribution >= 4 is 5.78 Å². The van der Waals surface area contributed by atoms with Gasteiger partial charge < -0.3 is 4.52 Å². The van der Waals surface area contributed by atoms with Crippen LogP contribution in [-0.4, -0.2) is 10.9 Å². The van der Waals surface area contributed by atoms with E-state index in [-0.39, 0.29) is 5.78 Å². The highest BCUT2D eigenvalue weighted by Gasteiger charge is 2.13. The van der Waals surface area contributed by atoms with Crippen LogP contribution in [0.5, 0.6) is 0 Å². The van der Waals surface area contributed by atoms with Gasteiger partial charge in [-0.05, 0) is 6.42 Å². The number of unbranched alkanes of at least 4 members (excludes halogenated alkanes) is 4.